The molecule has 3 nitrogen and oxygen atoms in total. The standard InChI is InChI=1S/C22H38N2O/c1-3-4-5-6-7-8-9-10-11-15-18-24(2)22(25)21(23)19-20-16-13-12-14-17-20/h12-14,16-17,21H,3-11,15,18-19,23H2,1-2H3. The lowest BCUT2D eigenvalue weighted by atomic mass is 10.1. The highest BCUT2D eigenvalue weighted by Gasteiger charge is 2.17. The molecule has 1 atom stereocenters. The molecule has 2 N–H and O–H groups in total. The molecule has 3 heteroatoms. The van der Waals surface area contributed by atoms with Gasteiger partial charge < -0.3 is 10.6 Å². The van der Waals surface area contributed by atoms with E-state index in [0.717, 1.165) is 18.5 Å². The first-order valence-corrected chi connectivity index (χ1v) is 10.2. The van der Waals surface area contributed by atoms with Crippen molar-refractivity contribution in [1.82, 2.24) is 4.90 Å². The van der Waals surface area contributed by atoms with Crippen LogP contribution in [0.25, 0.3) is 0 Å². The summed E-state index contributed by atoms with van der Waals surface area (Å²) in [5, 5.41) is 0. The highest BCUT2D eigenvalue weighted by Crippen LogP contribution is 2.11. The maximum atomic E-state index is 12.3. The number of likely N-dealkylation sites (N-methyl/N-ethyl adjacent to an activating group) is 1. The number of hydrogen-bond donors (Lipinski definition) is 1. The molecule has 25 heavy (non-hydrogen) atoms. The third-order valence-electron chi connectivity index (χ3n) is 4.84. The lowest BCUT2D eigenvalue weighted by Crippen LogP contribution is -2.43. The van der Waals surface area contributed by atoms with E-state index in [1.54, 1.807) is 4.90 Å². The molecule has 1 aromatic carbocycles. The van der Waals surface area contributed by atoms with E-state index >= 15 is 0 Å². The largest absolute Gasteiger partial charge is 0.344 e. The van der Waals surface area contributed by atoms with Crippen molar-refractivity contribution in [3.05, 3.63) is 35.9 Å². The molecule has 0 bridgehead atoms. The van der Waals surface area contributed by atoms with Crippen LogP contribution in [0.3, 0.4) is 0 Å². The van der Waals surface area contributed by atoms with E-state index in [9.17, 15) is 4.79 Å². The molecule has 1 unspecified atom stereocenters. The van der Waals surface area contributed by atoms with E-state index in [2.05, 4.69) is 6.92 Å². The number of hydrogen-bond acceptors (Lipinski definition) is 2. The summed E-state index contributed by atoms with van der Waals surface area (Å²) in [5.41, 5.74) is 7.20. The summed E-state index contributed by atoms with van der Waals surface area (Å²) in [6, 6.07) is 9.56. The first-order valence-electron chi connectivity index (χ1n) is 10.2. The van der Waals surface area contributed by atoms with Gasteiger partial charge in [0.15, 0.2) is 0 Å². The maximum absolute atomic E-state index is 12.3. The van der Waals surface area contributed by atoms with Crippen molar-refractivity contribution in [2.45, 2.75) is 83.6 Å². The summed E-state index contributed by atoms with van der Waals surface area (Å²) in [7, 11) is 1.88. The SMILES string of the molecule is CCCCCCCCCCCCN(C)C(=O)C(N)Cc1ccccc1. The number of unbranched alkanes of at least 4 members (excludes halogenated alkanes) is 9. The second-order valence-electron chi connectivity index (χ2n) is 7.24. The summed E-state index contributed by atoms with van der Waals surface area (Å²) < 4.78 is 0. The molecule has 142 valence electrons. The summed E-state index contributed by atoms with van der Waals surface area (Å²) in [5.74, 6) is 0.0553. The number of carbonyl (C=O) groups is 1. The lowest BCUT2D eigenvalue weighted by molar-refractivity contribution is -0.131. The fraction of sp³-hybridized carbons (Fsp3) is 0.682. The molecule has 0 aliphatic rings. The normalized spacial score (nSPS) is 12.1. The van der Waals surface area contributed by atoms with E-state index in [4.69, 9.17) is 5.73 Å². The number of rotatable bonds is 14. The maximum Gasteiger partial charge on any atom is 0.239 e. The Morgan fingerprint density at radius 3 is 2.00 bits per heavy atom. The number of amides is 1. The Hall–Kier alpha value is -1.35. The molecule has 0 radical (unpaired) electrons. The molecule has 0 saturated carbocycles. The van der Waals surface area contributed by atoms with E-state index in [1.807, 2.05) is 37.4 Å². The first-order chi connectivity index (χ1) is 12.1. The average Bonchev–Trinajstić information content (AvgIpc) is 2.63. The van der Waals surface area contributed by atoms with E-state index < -0.39 is 6.04 Å². The smallest absolute Gasteiger partial charge is 0.239 e. The molecular formula is C22H38N2O. The Kier molecular flexibility index (Phi) is 12.0. The van der Waals surface area contributed by atoms with Crippen molar-refractivity contribution in [3.63, 3.8) is 0 Å². The van der Waals surface area contributed by atoms with Crippen molar-refractivity contribution >= 4 is 5.91 Å². The van der Waals surface area contributed by atoms with E-state index in [-0.39, 0.29) is 5.91 Å². The van der Waals surface area contributed by atoms with Gasteiger partial charge in [-0.1, -0.05) is 95.0 Å². The molecule has 1 amide bonds. The predicted octanol–water partition coefficient (Wildman–Crippen LogP) is 4.94. The molecular weight excluding hydrogens is 308 g/mol. The van der Waals surface area contributed by atoms with Gasteiger partial charge in [0.25, 0.3) is 0 Å². The van der Waals surface area contributed by atoms with Crippen LogP contribution in [0.1, 0.15) is 76.7 Å². The van der Waals surface area contributed by atoms with Gasteiger partial charge in [-0.15, -0.1) is 0 Å². The van der Waals surface area contributed by atoms with Crippen molar-refractivity contribution in [2.75, 3.05) is 13.6 Å². The molecule has 0 aromatic heterocycles. The minimum atomic E-state index is -0.435. The van der Waals surface area contributed by atoms with Crippen LogP contribution in [0.5, 0.6) is 0 Å². The Balaban J connectivity index is 2.05. The van der Waals surface area contributed by atoms with Crippen LogP contribution in [0, 0.1) is 0 Å². The molecule has 0 heterocycles. The Labute approximate surface area is 155 Å². The van der Waals surface area contributed by atoms with Crippen LogP contribution in [-0.4, -0.2) is 30.4 Å². The predicted molar refractivity (Wildman–Crippen MR) is 108 cm³/mol. The Bertz CT molecular complexity index is 447. The third kappa shape index (κ3) is 10.3. The summed E-state index contributed by atoms with van der Waals surface area (Å²) in [4.78, 5) is 14.1. The van der Waals surface area contributed by atoms with E-state index in [0.29, 0.717) is 6.42 Å². The van der Waals surface area contributed by atoms with Gasteiger partial charge in [0.1, 0.15) is 0 Å². The minimum absolute atomic E-state index is 0.0553. The monoisotopic (exact) mass is 346 g/mol. The zero-order valence-electron chi connectivity index (χ0n) is 16.4. The van der Waals surface area contributed by atoms with Crippen LogP contribution in [0.2, 0.25) is 0 Å². The number of benzene rings is 1. The summed E-state index contributed by atoms with van der Waals surface area (Å²) in [6.45, 7) is 3.08. The van der Waals surface area contributed by atoms with Gasteiger partial charge in [0.2, 0.25) is 5.91 Å². The molecule has 0 aliphatic carbocycles. The van der Waals surface area contributed by atoms with E-state index in [1.165, 1.54) is 57.8 Å². The fourth-order valence-corrected chi connectivity index (χ4v) is 3.19. The highest BCUT2D eigenvalue weighted by molar-refractivity contribution is 5.81. The van der Waals surface area contributed by atoms with Gasteiger partial charge >= 0.3 is 0 Å². The van der Waals surface area contributed by atoms with Crippen LogP contribution in [-0.2, 0) is 11.2 Å². The van der Waals surface area contributed by atoms with Crippen molar-refractivity contribution in [3.8, 4) is 0 Å². The zero-order chi connectivity index (χ0) is 18.3. The third-order valence-corrected chi connectivity index (χ3v) is 4.84. The molecule has 1 rings (SSSR count). The molecule has 0 aliphatic heterocycles. The average molecular weight is 347 g/mol. The molecule has 0 fully saturated rings. The zero-order valence-corrected chi connectivity index (χ0v) is 16.4. The molecule has 1 aromatic rings. The minimum Gasteiger partial charge on any atom is -0.344 e. The molecule has 0 spiro atoms. The van der Waals surface area contributed by atoms with Crippen LogP contribution >= 0.6 is 0 Å². The fourth-order valence-electron chi connectivity index (χ4n) is 3.19. The Morgan fingerprint density at radius 2 is 1.44 bits per heavy atom. The first kappa shape index (κ1) is 21.7. The highest BCUT2D eigenvalue weighted by atomic mass is 16.2. The van der Waals surface area contributed by atoms with Gasteiger partial charge in [-0.25, -0.2) is 0 Å². The van der Waals surface area contributed by atoms with Crippen molar-refractivity contribution < 1.29 is 4.79 Å². The van der Waals surface area contributed by atoms with Gasteiger partial charge in [-0.3, -0.25) is 4.79 Å². The second kappa shape index (κ2) is 13.9. The van der Waals surface area contributed by atoms with Crippen LogP contribution < -0.4 is 5.73 Å². The van der Waals surface area contributed by atoms with Gasteiger partial charge in [-0.2, -0.15) is 0 Å². The molecule has 0 saturated heterocycles. The summed E-state index contributed by atoms with van der Waals surface area (Å²) >= 11 is 0. The topological polar surface area (TPSA) is 46.3 Å². The van der Waals surface area contributed by atoms with Gasteiger partial charge in [0.05, 0.1) is 6.04 Å². The second-order valence-corrected chi connectivity index (χ2v) is 7.24. The van der Waals surface area contributed by atoms with Crippen molar-refractivity contribution in [1.29, 1.82) is 0 Å². The lowest BCUT2D eigenvalue weighted by Gasteiger charge is -2.21. The quantitative estimate of drug-likeness (QED) is 0.485. The van der Waals surface area contributed by atoms with Crippen molar-refractivity contribution in [2.24, 2.45) is 5.73 Å². The van der Waals surface area contributed by atoms with Gasteiger partial charge in [-0.05, 0) is 18.4 Å². The number of nitrogens with zero attached hydrogens (tertiary/aromatic N) is 1. The van der Waals surface area contributed by atoms with Crippen LogP contribution in [0.4, 0.5) is 0 Å². The van der Waals surface area contributed by atoms with Crippen LogP contribution in [0.15, 0.2) is 30.3 Å². The number of carbonyl (C=O) groups excluding carboxylic acids is 1. The van der Waals surface area contributed by atoms with Gasteiger partial charge in [0, 0.05) is 13.6 Å². The number of nitrogens with two attached hydrogens (primary N) is 1. The Morgan fingerprint density at radius 1 is 0.920 bits per heavy atom. The summed E-state index contributed by atoms with van der Waals surface area (Å²) in [6.07, 6.45) is 13.8.